The lowest BCUT2D eigenvalue weighted by Gasteiger charge is -2.31. The number of amidine groups is 1. The molecule has 2 rings (SSSR count). The third-order valence-electron chi connectivity index (χ3n) is 3.14. The third kappa shape index (κ3) is 2.53. The molecule has 9 heteroatoms. The van der Waals surface area contributed by atoms with E-state index in [1.165, 1.54) is 23.9 Å². The molecule has 1 saturated heterocycles. The zero-order valence-corrected chi connectivity index (χ0v) is 13.3. The van der Waals surface area contributed by atoms with Gasteiger partial charge in [0.15, 0.2) is 10.9 Å². The van der Waals surface area contributed by atoms with Gasteiger partial charge >= 0.3 is 0 Å². The van der Waals surface area contributed by atoms with Gasteiger partial charge in [-0.1, -0.05) is 29.4 Å². The number of aliphatic imine (C=N–C) groups is 1. The molecular formula is C11H14ClN3O3S2. The van der Waals surface area contributed by atoms with Crippen LogP contribution in [0, 0.1) is 0 Å². The van der Waals surface area contributed by atoms with Gasteiger partial charge in [-0.3, -0.25) is 4.99 Å². The van der Waals surface area contributed by atoms with E-state index in [0.29, 0.717) is 16.5 Å². The van der Waals surface area contributed by atoms with Gasteiger partial charge in [0.05, 0.1) is 10.8 Å². The van der Waals surface area contributed by atoms with Crippen LogP contribution < -0.4 is 5.14 Å². The van der Waals surface area contributed by atoms with E-state index in [1.54, 1.807) is 25.1 Å². The normalized spacial score (nSPS) is 25.4. The molecule has 1 heterocycles. The molecule has 0 spiro atoms. The molecule has 1 aromatic carbocycles. The van der Waals surface area contributed by atoms with Crippen LogP contribution in [0.5, 0.6) is 0 Å². The summed E-state index contributed by atoms with van der Waals surface area (Å²) in [5.41, 5.74) is -0.941. The molecule has 0 unspecified atom stereocenters. The minimum absolute atomic E-state index is 0.0255. The Morgan fingerprint density at radius 2 is 2.20 bits per heavy atom. The maximum absolute atomic E-state index is 11.5. The Kier molecular flexibility index (Phi) is 4.05. The fourth-order valence-electron chi connectivity index (χ4n) is 1.98. The largest absolute Gasteiger partial charge is 0.366 e. The lowest BCUT2D eigenvalue weighted by Crippen LogP contribution is -2.42. The molecule has 3 N–H and O–H groups in total. The van der Waals surface area contributed by atoms with Crippen LogP contribution in [-0.4, -0.2) is 43.4 Å². The molecule has 1 fully saturated rings. The first-order chi connectivity index (χ1) is 9.20. The SMILES string of the molecule is CN=C1SC[C@@](O)(c2ccc(Cl)c(S(N)(=O)=O)c2)N1C. The van der Waals surface area contributed by atoms with Gasteiger partial charge in [-0.25, -0.2) is 13.6 Å². The molecule has 0 radical (unpaired) electrons. The predicted molar refractivity (Wildman–Crippen MR) is 80.3 cm³/mol. The number of primary sulfonamides is 1. The predicted octanol–water partition coefficient (Wildman–Crippen LogP) is 0.797. The van der Waals surface area contributed by atoms with Crippen molar-refractivity contribution in [3.63, 3.8) is 0 Å². The highest BCUT2D eigenvalue weighted by Gasteiger charge is 2.42. The second-order valence-corrected chi connectivity index (χ2v) is 7.24. The maximum atomic E-state index is 11.5. The number of sulfonamides is 1. The van der Waals surface area contributed by atoms with E-state index in [-0.39, 0.29) is 9.92 Å². The number of hydrogen-bond donors (Lipinski definition) is 2. The molecule has 0 aliphatic carbocycles. The van der Waals surface area contributed by atoms with E-state index in [0.717, 1.165) is 0 Å². The Morgan fingerprint density at radius 3 is 2.70 bits per heavy atom. The van der Waals surface area contributed by atoms with Crippen molar-refractivity contribution in [2.24, 2.45) is 10.1 Å². The number of nitrogens with two attached hydrogens (primary N) is 1. The topological polar surface area (TPSA) is 96.0 Å². The molecule has 1 aliphatic heterocycles. The molecule has 0 bridgehead atoms. The van der Waals surface area contributed by atoms with Crippen LogP contribution in [-0.2, 0) is 15.7 Å². The van der Waals surface area contributed by atoms with Gasteiger partial charge in [0.2, 0.25) is 10.0 Å². The van der Waals surface area contributed by atoms with Gasteiger partial charge in [-0.05, 0) is 12.1 Å². The maximum Gasteiger partial charge on any atom is 0.239 e. The van der Waals surface area contributed by atoms with Gasteiger partial charge in [0.1, 0.15) is 4.90 Å². The first kappa shape index (κ1) is 15.6. The Labute approximate surface area is 126 Å². The minimum atomic E-state index is -3.95. The van der Waals surface area contributed by atoms with E-state index >= 15 is 0 Å². The van der Waals surface area contributed by atoms with Crippen molar-refractivity contribution in [1.82, 2.24) is 4.90 Å². The van der Waals surface area contributed by atoms with Crippen LogP contribution in [0.25, 0.3) is 0 Å². The van der Waals surface area contributed by atoms with Crippen molar-refractivity contribution in [1.29, 1.82) is 0 Å². The number of halogens is 1. The van der Waals surface area contributed by atoms with Crippen LogP contribution in [0.2, 0.25) is 5.02 Å². The van der Waals surface area contributed by atoms with Gasteiger partial charge in [-0.15, -0.1) is 0 Å². The number of hydrogen-bond acceptors (Lipinski definition) is 5. The number of nitrogens with zero attached hydrogens (tertiary/aromatic N) is 2. The first-order valence-electron chi connectivity index (χ1n) is 5.59. The van der Waals surface area contributed by atoms with Crippen molar-refractivity contribution in [3.8, 4) is 0 Å². The number of aliphatic hydroxyl groups is 1. The van der Waals surface area contributed by atoms with Crippen LogP contribution >= 0.6 is 23.4 Å². The van der Waals surface area contributed by atoms with Crippen LogP contribution in [0.3, 0.4) is 0 Å². The van der Waals surface area contributed by atoms with E-state index in [1.807, 2.05) is 0 Å². The molecular weight excluding hydrogens is 322 g/mol. The highest BCUT2D eigenvalue weighted by Crippen LogP contribution is 2.39. The van der Waals surface area contributed by atoms with Crippen LogP contribution in [0.15, 0.2) is 28.1 Å². The number of thioether (sulfide) groups is 1. The van der Waals surface area contributed by atoms with Crippen molar-refractivity contribution in [2.75, 3.05) is 19.8 Å². The molecule has 1 aromatic rings. The zero-order chi connectivity index (χ0) is 15.1. The molecule has 6 nitrogen and oxygen atoms in total. The monoisotopic (exact) mass is 335 g/mol. The lowest BCUT2D eigenvalue weighted by molar-refractivity contribution is -0.0349. The Hall–Kier alpha value is -0.800. The van der Waals surface area contributed by atoms with Crippen LogP contribution in [0.1, 0.15) is 5.56 Å². The van der Waals surface area contributed by atoms with E-state index < -0.39 is 15.7 Å². The van der Waals surface area contributed by atoms with E-state index in [9.17, 15) is 13.5 Å². The van der Waals surface area contributed by atoms with Crippen molar-refractivity contribution >= 4 is 38.6 Å². The number of rotatable bonds is 2. The summed E-state index contributed by atoms with van der Waals surface area (Å²) in [6.07, 6.45) is 0. The molecule has 0 saturated carbocycles. The van der Waals surface area contributed by atoms with Gasteiger partial charge in [0, 0.05) is 19.7 Å². The second-order valence-electron chi connectivity index (χ2n) is 4.36. The summed E-state index contributed by atoms with van der Waals surface area (Å²) in [5.74, 6) is 0.335. The Morgan fingerprint density at radius 1 is 1.55 bits per heavy atom. The molecule has 0 aromatic heterocycles. The van der Waals surface area contributed by atoms with E-state index in [4.69, 9.17) is 16.7 Å². The summed E-state index contributed by atoms with van der Waals surface area (Å²) in [6.45, 7) is 0. The molecule has 0 amide bonds. The lowest BCUT2D eigenvalue weighted by atomic mass is 10.0. The smallest absolute Gasteiger partial charge is 0.239 e. The minimum Gasteiger partial charge on any atom is -0.366 e. The summed E-state index contributed by atoms with van der Waals surface area (Å²) in [4.78, 5) is 5.44. The zero-order valence-electron chi connectivity index (χ0n) is 10.9. The second kappa shape index (κ2) is 5.19. The van der Waals surface area contributed by atoms with Gasteiger partial charge in [-0.2, -0.15) is 0 Å². The average molecular weight is 336 g/mol. The molecule has 20 heavy (non-hydrogen) atoms. The highest BCUT2D eigenvalue weighted by atomic mass is 35.5. The standard InChI is InChI=1S/C11H14ClN3O3S2/c1-14-10-15(2)11(16,6-19-10)7-3-4-8(12)9(5-7)20(13,17)18/h3-5,16H,6H2,1-2H3,(H2,13,17,18)/t11-/m1/s1. The van der Waals surface area contributed by atoms with Crippen molar-refractivity contribution in [2.45, 2.75) is 10.6 Å². The Balaban J connectivity index is 2.55. The van der Waals surface area contributed by atoms with Crippen molar-refractivity contribution < 1.29 is 13.5 Å². The van der Waals surface area contributed by atoms with Gasteiger partial charge in [0.25, 0.3) is 0 Å². The summed E-state index contributed by atoms with van der Waals surface area (Å²) in [6, 6.07) is 4.29. The quantitative estimate of drug-likeness (QED) is 0.833. The number of benzene rings is 1. The first-order valence-corrected chi connectivity index (χ1v) is 8.50. The van der Waals surface area contributed by atoms with Crippen molar-refractivity contribution in [3.05, 3.63) is 28.8 Å². The molecule has 1 atom stereocenters. The Bertz CT molecular complexity index is 677. The highest BCUT2D eigenvalue weighted by molar-refractivity contribution is 8.14. The average Bonchev–Trinajstić information content (AvgIpc) is 2.66. The summed E-state index contributed by atoms with van der Waals surface area (Å²) >= 11 is 7.22. The fraction of sp³-hybridized carbons (Fsp3) is 0.364. The van der Waals surface area contributed by atoms with Gasteiger partial charge < -0.3 is 10.0 Å². The molecule has 1 aliphatic rings. The summed E-state index contributed by atoms with van der Waals surface area (Å²) in [5, 5.41) is 16.6. The summed E-state index contributed by atoms with van der Waals surface area (Å²) in [7, 11) is -0.632. The van der Waals surface area contributed by atoms with Crippen LogP contribution in [0.4, 0.5) is 0 Å². The summed E-state index contributed by atoms with van der Waals surface area (Å²) < 4.78 is 23.0. The van der Waals surface area contributed by atoms with E-state index in [2.05, 4.69) is 4.99 Å². The fourth-order valence-corrected chi connectivity index (χ4v) is 4.21. The third-order valence-corrected chi connectivity index (χ3v) is 5.79. The molecule has 110 valence electrons.